The zero-order valence-electron chi connectivity index (χ0n) is 9.68. The molecule has 0 amide bonds. The van der Waals surface area contributed by atoms with Crippen LogP contribution >= 0.6 is 11.3 Å². The van der Waals surface area contributed by atoms with Crippen LogP contribution < -0.4 is 5.73 Å². The van der Waals surface area contributed by atoms with Crippen LogP contribution in [0, 0.1) is 23.7 Å². The number of allylic oxidation sites excluding steroid dienone is 2. The van der Waals surface area contributed by atoms with E-state index >= 15 is 0 Å². The highest BCUT2D eigenvalue weighted by Crippen LogP contribution is 2.07. The molecule has 1 heterocycles. The molecule has 0 radical (unpaired) electrons. The standard InChI is InChI=1S/C16H11NS/c17-16-12-6-5-9-14(16)8-3-1-2-4-10-15-11-7-13-18-15/h1-2,5-7,9,11-13H,17H2. The second-order valence-corrected chi connectivity index (χ2v) is 4.38. The molecule has 2 rings (SSSR count). The molecule has 0 aliphatic rings. The number of thiophene rings is 1. The Morgan fingerprint density at radius 2 is 1.72 bits per heavy atom. The summed E-state index contributed by atoms with van der Waals surface area (Å²) in [6, 6.07) is 11.5. The van der Waals surface area contributed by atoms with Gasteiger partial charge in [-0.2, -0.15) is 0 Å². The summed E-state index contributed by atoms with van der Waals surface area (Å²) in [6.07, 6.45) is 3.47. The molecule has 0 atom stereocenters. The third-order valence-corrected chi connectivity index (χ3v) is 2.92. The van der Waals surface area contributed by atoms with Crippen molar-refractivity contribution in [3.63, 3.8) is 0 Å². The summed E-state index contributed by atoms with van der Waals surface area (Å²) < 4.78 is 0. The second kappa shape index (κ2) is 6.35. The summed E-state index contributed by atoms with van der Waals surface area (Å²) in [5.41, 5.74) is 7.31. The summed E-state index contributed by atoms with van der Waals surface area (Å²) in [4.78, 5) is 1.06. The molecule has 0 fully saturated rings. The average molecular weight is 249 g/mol. The van der Waals surface area contributed by atoms with Crippen molar-refractivity contribution in [2.24, 2.45) is 0 Å². The number of rotatable bonds is 0. The average Bonchev–Trinajstić information content (AvgIpc) is 2.89. The second-order valence-electron chi connectivity index (χ2n) is 3.44. The molecule has 0 saturated heterocycles. The molecule has 2 heteroatoms. The Labute approximate surface area is 111 Å². The monoisotopic (exact) mass is 249 g/mol. The van der Waals surface area contributed by atoms with E-state index in [1.807, 2.05) is 41.8 Å². The maximum absolute atomic E-state index is 5.77. The summed E-state index contributed by atoms with van der Waals surface area (Å²) in [5.74, 6) is 11.9. The highest BCUT2D eigenvalue weighted by Gasteiger charge is 1.89. The van der Waals surface area contributed by atoms with Gasteiger partial charge in [0.1, 0.15) is 0 Å². The van der Waals surface area contributed by atoms with Gasteiger partial charge in [-0.3, -0.25) is 0 Å². The van der Waals surface area contributed by atoms with Crippen LogP contribution in [0.25, 0.3) is 0 Å². The lowest BCUT2D eigenvalue weighted by Crippen LogP contribution is -1.87. The minimum Gasteiger partial charge on any atom is -0.398 e. The Kier molecular flexibility index (Phi) is 4.25. The smallest absolute Gasteiger partial charge is 0.0771 e. The van der Waals surface area contributed by atoms with Crippen LogP contribution in [-0.2, 0) is 0 Å². The van der Waals surface area contributed by atoms with Gasteiger partial charge in [0.2, 0.25) is 0 Å². The first-order chi connectivity index (χ1) is 8.86. The predicted molar refractivity (Wildman–Crippen MR) is 78.1 cm³/mol. The Hall–Kier alpha value is -2.42. The summed E-state index contributed by atoms with van der Waals surface area (Å²) in [5, 5.41) is 2.01. The van der Waals surface area contributed by atoms with Gasteiger partial charge in [0.15, 0.2) is 0 Å². The van der Waals surface area contributed by atoms with Gasteiger partial charge in [-0.1, -0.05) is 41.9 Å². The summed E-state index contributed by atoms with van der Waals surface area (Å²) in [7, 11) is 0. The Morgan fingerprint density at radius 3 is 2.44 bits per heavy atom. The normalized spacial score (nSPS) is 9.33. The number of hydrogen-bond acceptors (Lipinski definition) is 2. The number of benzene rings is 1. The Balaban J connectivity index is 1.99. The van der Waals surface area contributed by atoms with Crippen LogP contribution in [0.5, 0.6) is 0 Å². The van der Waals surface area contributed by atoms with Gasteiger partial charge in [-0.15, -0.1) is 11.3 Å². The lowest BCUT2D eigenvalue weighted by atomic mass is 10.2. The Bertz CT molecular complexity index is 658. The van der Waals surface area contributed by atoms with E-state index < -0.39 is 0 Å². The molecular formula is C16H11NS. The van der Waals surface area contributed by atoms with Crippen molar-refractivity contribution < 1.29 is 0 Å². The quantitative estimate of drug-likeness (QED) is 0.562. The molecule has 0 spiro atoms. The molecule has 2 aromatic rings. The van der Waals surface area contributed by atoms with E-state index in [0.29, 0.717) is 5.69 Å². The molecule has 0 aliphatic heterocycles. The van der Waals surface area contributed by atoms with E-state index in [4.69, 9.17) is 5.73 Å². The molecule has 18 heavy (non-hydrogen) atoms. The van der Waals surface area contributed by atoms with Crippen LogP contribution in [0.2, 0.25) is 0 Å². The van der Waals surface area contributed by atoms with Crippen LogP contribution in [-0.4, -0.2) is 0 Å². The zero-order valence-corrected chi connectivity index (χ0v) is 10.5. The lowest BCUT2D eigenvalue weighted by molar-refractivity contribution is 1.63. The van der Waals surface area contributed by atoms with Crippen molar-refractivity contribution in [2.45, 2.75) is 0 Å². The molecule has 0 aliphatic carbocycles. The molecule has 0 saturated carbocycles. The van der Waals surface area contributed by atoms with Gasteiger partial charge in [-0.25, -0.2) is 0 Å². The molecule has 2 N–H and O–H groups in total. The van der Waals surface area contributed by atoms with Gasteiger partial charge in [0.05, 0.1) is 4.88 Å². The van der Waals surface area contributed by atoms with Crippen molar-refractivity contribution in [1.82, 2.24) is 0 Å². The molecule has 1 nitrogen and oxygen atoms in total. The number of nitrogen functional groups attached to an aromatic ring is 1. The lowest BCUT2D eigenvalue weighted by Gasteiger charge is -1.93. The summed E-state index contributed by atoms with van der Waals surface area (Å²) in [6.45, 7) is 0. The molecule has 0 bridgehead atoms. The highest BCUT2D eigenvalue weighted by molar-refractivity contribution is 7.10. The van der Waals surface area contributed by atoms with E-state index in [1.54, 1.807) is 23.5 Å². The van der Waals surface area contributed by atoms with Crippen molar-refractivity contribution in [3.05, 3.63) is 64.4 Å². The van der Waals surface area contributed by atoms with Crippen molar-refractivity contribution in [3.8, 4) is 23.7 Å². The van der Waals surface area contributed by atoms with Crippen LogP contribution in [0.3, 0.4) is 0 Å². The Morgan fingerprint density at radius 1 is 0.944 bits per heavy atom. The number of anilines is 1. The third-order valence-electron chi connectivity index (χ3n) is 2.13. The first-order valence-electron chi connectivity index (χ1n) is 5.42. The molecule has 1 aromatic carbocycles. The van der Waals surface area contributed by atoms with Crippen molar-refractivity contribution in [2.75, 3.05) is 5.73 Å². The van der Waals surface area contributed by atoms with Gasteiger partial charge in [0.25, 0.3) is 0 Å². The van der Waals surface area contributed by atoms with Crippen molar-refractivity contribution in [1.29, 1.82) is 0 Å². The van der Waals surface area contributed by atoms with E-state index in [1.165, 1.54) is 0 Å². The minimum absolute atomic E-state index is 0.697. The van der Waals surface area contributed by atoms with Gasteiger partial charge < -0.3 is 5.73 Å². The maximum Gasteiger partial charge on any atom is 0.0771 e. The SMILES string of the molecule is Nc1ccccc1C#CC=CC#Cc1cccs1. The van der Waals surface area contributed by atoms with Crippen molar-refractivity contribution >= 4 is 17.0 Å². The third kappa shape index (κ3) is 3.56. The van der Waals surface area contributed by atoms with Crippen LogP contribution in [0.15, 0.2) is 53.9 Å². The molecule has 86 valence electrons. The molecule has 0 unspecified atom stereocenters. The minimum atomic E-state index is 0.697. The van der Waals surface area contributed by atoms with E-state index in [0.717, 1.165) is 10.4 Å². The predicted octanol–water partition coefficient (Wildman–Crippen LogP) is 3.29. The maximum atomic E-state index is 5.77. The van der Waals surface area contributed by atoms with E-state index in [2.05, 4.69) is 23.7 Å². The van der Waals surface area contributed by atoms with Gasteiger partial charge in [-0.05, 0) is 35.7 Å². The fourth-order valence-corrected chi connectivity index (χ4v) is 1.85. The first kappa shape index (κ1) is 12.0. The van der Waals surface area contributed by atoms with E-state index in [9.17, 15) is 0 Å². The van der Waals surface area contributed by atoms with E-state index in [-0.39, 0.29) is 0 Å². The van der Waals surface area contributed by atoms with Gasteiger partial charge in [0, 0.05) is 11.3 Å². The first-order valence-corrected chi connectivity index (χ1v) is 6.30. The molecule has 1 aromatic heterocycles. The van der Waals surface area contributed by atoms with Gasteiger partial charge >= 0.3 is 0 Å². The topological polar surface area (TPSA) is 26.0 Å². The molecular weight excluding hydrogens is 238 g/mol. The fraction of sp³-hybridized carbons (Fsp3) is 0. The number of hydrogen-bond donors (Lipinski definition) is 1. The highest BCUT2D eigenvalue weighted by atomic mass is 32.1. The summed E-state index contributed by atoms with van der Waals surface area (Å²) >= 11 is 1.63. The number of para-hydroxylation sites is 1. The van der Waals surface area contributed by atoms with Crippen LogP contribution in [0.1, 0.15) is 10.4 Å². The fourth-order valence-electron chi connectivity index (χ4n) is 1.28. The zero-order chi connectivity index (χ0) is 12.6. The largest absolute Gasteiger partial charge is 0.398 e. The number of nitrogens with two attached hydrogens (primary N) is 1. The van der Waals surface area contributed by atoms with Crippen LogP contribution in [0.4, 0.5) is 5.69 Å².